The summed E-state index contributed by atoms with van der Waals surface area (Å²) in [5.41, 5.74) is -0.236. The fraction of sp³-hybridized carbons (Fsp3) is 0.727. The van der Waals surface area contributed by atoms with Crippen LogP contribution in [0.25, 0.3) is 0 Å². The van der Waals surface area contributed by atoms with Gasteiger partial charge in [0.1, 0.15) is 6.04 Å². The zero-order valence-corrected chi connectivity index (χ0v) is 12.2. The summed E-state index contributed by atoms with van der Waals surface area (Å²) in [6.45, 7) is 6.22. The molecule has 0 bridgehead atoms. The minimum Gasteiger partial charge on any atom is -0.480 e. The van der Waals surface area contributed by atoms with Crippen LogP contribution >= 0.6 is 11.8 Å². The predicted molar refractivity (Wildman–Crippen MR) is 73.6 cm³/mol. The Morgan fingerprint density at radius 3 is 2.79 bits per heavy atom. The Balaban J connectivity index is 2.52. The molecular formula is C11H20N4O3S. The summed E-state index contributed by atoms with van der Waals surface area (Å²) in [6, 6.07) is -0.460. The lowest BCUT2D eigenvalue weighted by Gasteiger charge is -2.16. The maximum Gasteiger partial charge on any atom is 0.343 e. The van der Waals surface area contributed by atoms with Gasteiger partial charge in [-0.05, 0) is 13.3 Å². The molecule has 7 nitrogen and oxygen atoms in total. The van der Waals surface area contributed by atoms with Crippen molar-refractivity contribution in [2.45, 2.75) is 51.0 Å². The molecule has 0 aliphatic heterocycles. The number of aromatic nitrogens is 3. The van der Waals surface area contributed by atoms with Crippen molar-refractivity contribution in [1.82, 2.24) is 20.1 Å². The molecule has 1 aromatic heterocycles. The van der Waals surface area contributed by atoms with Crippen LogP contribution in [-0.4, -0.2) is 43.7 Å². The molecule has 0 fully saturated rings. The first-order valence-electron chi connectivity index (χ1n) is 6.22. The molecule has 0 saturated heterocycles. The van der Waals surface area contributed by atoms with Gasteiger partial charge in [-0.2, -0.15) is 0 Å². The van der Waals surface area contributed by atoms with E-state index < -0.39 is 12.0 Å². The van der Waals surface area contributed by atoms with Crippen molar-refractivity contribution in [1.29, 1.82) is 0 Å². The highest BCUT2D eigenvalue weighted by molar-refractivity contribution is 7.99. The molecule has 0 aliphatic rings. The Morgan fingerprint density at radius 1 is 1.58 bits per heavy atom. The number of H-pyrrole nitrogens is 1. The first-order chi connectivity index (χ1) is 8.95. The van der Waals surface area contributed by atoms with E-state index >= 15 is 0 Å². The van der Waals surface area contributed by atoms with Crippen LogP contribution < -0.4 is 11.0 Å². The number of aromatic amines is 1. The monoisotopic (exact) mass is 288 g/mol. The highest BCUT2D eigenvalue weighted by Crippen LogP contribution is 2.15. The molecular weight excluding hydrogens is 268 g/mol. The van der Waals surface area contributed by atoms with Crippen LogP contribution in [0.2, 0.25) is 0 Å². The molecule has 0 spiro atoms. The molecule has 1 heterocycles. The van der Waals surface area contributed by atoms with Gasteiger partial charge >= 0.3 is 11.7 Å². The van der Waals surface area contributed by atoms with Gasteiger partial charge in [0.2, 0.25) is 0 Å². The lowest BCUT2D eigenvalue weighted by atomic mass is 10.2. The quantitative estimate of drug-likeness (QED) is 0.603. The number of rotatable bonds is 8. The summed E-state index contributed by atoms with van der Waals surface area (Å²) in [7, 11) is 0. The lowest BCUT2D eigenvalue weighted by Crippen LogP contribution is -2.41. The van der Waals surface area contributed by atoms with Crippen molar-refractivity contribution < 1.29 is 9.90 Å². The van der Waals surface area contributed by atoms with Crippen LogP contribution in [0.5, 0.6) is 0 Å². The van der Waals surface area contributed by atoms with Crippen LogP contribution in [-0.2, 0) is 11.3 Å². The van der Waals surface area contributed by atoms with Crippen molar-refractivity contribution >= 4 is 17.7 Å². The number of nitrogens with zero attached hydrogens (tertiary/aromatic N) is 2. The number of hydrogen-bond acceptors (Lipinski definition) is 5. The molecule has 0 aliphatic carbocycles. The van der Waals surface area contributed by atoms with Crippen molar-refractivity contribution in [2.75, 3.05) is 5.75 Å². The van der Waals surface area contributed by atoms with Gasteiger partial charge in [0.25, 0.3) is 0 Å². The summed E-state index contributed by atoms with van der Waals surface area (Å²) in [5, 5.41) is 19.0. The van der Waals surface area contributed by atoms with Crippen molar-refractivity contribution in [2.24, 2.45) is 0 Å². The van der Waals surface area contributed by atoms with E-state index in [4.69, 9.17) is 5.11 Å². The van der Waals surface area contributed by atoms with Crippen LogP contribution in [0.1, 0.15) is 27.2 Å². The summed E-state index contributed by atoms with van der Waals surface area (Å²) in [6.07, 6.45) is 0.475. The number of nitrogens with one attached hydrogen (secondary N) is 2. The van der Waals surface area contributed by atoms with Crippen molar-refractivity contribution in [3.05, 3.63) is 10.5 Å². The molecule has 19 heavy (non-hydrogen) atoms. The lowest BCUT2D eigenvalue weighted by molar-refractivity contribution is -0.139. The zero-order chi connectivity index (χ0) is 14.4. The predicted octanol–water partition coefficient (Wildman–Crippen LogP) is 0.525. The van der Waals surface area contributed by atoms with E-state index in [0.29, 0.717) is 23.9 Å². The second kappa shape index (κ2) is 7.34. The van der Waals surface area contributed by atoms with E-state index in [1.807, 2.05) is 20.8 Å². The number of carbonyl (C=O) groups is 1. The van der Waals surface area contributed by atoms with E-state index in [1.165, 1.54) is 16.3 Å². The Bertz CT molecular complexity index is 469. The van der Waals surface area contributed by atoms with E-state index in [1.54, 1.807) is 0 Å². The Kier molecular flexibility index (Phi) is 6.10. The van der Waals surface area contributed by atoms with E-state index in [-0.39, 0.29) is 11.7 Å². The van der Waals surface area contributed by atoms with Gasteiger partial charge in [0, 0.05) is 18.3 Å². The molecule has 0 radical (unpaired) electrons. The highest BCUT2D eigenvalue weighted by Gasteiger charge is 2.18. The van der Waals surface area contributed by atoms with Gasteiger partial charge < -0.3 is 10.4 Å². The van der Waals surface area contributed by atoms with Gasteiger partial charge in [-0.15, -0.1) is 5.10 Å². The topological polar surface area (TPSA) is 100 Å². The number of thioether (sulfide) groups is 1. The smallest absolute Gasteiger partial charge is 0.343 e. The summed E-state index contributed by atoms with van der Waals surface area (Å²) < 4.78 is 1.52. The van der Waals surface area contributed by atoms with E-state index in [0.717, 1.165) is 0 Å². The van der Waals surface area contributed by atoms with Gasteiger partial charge in [-0.25, -0.2) is 9.89 Å². The third-order valence-electron chi connectivity index (χ3n) is 2.51. The Morgan fingerprint density at radius 2 is 2.26 bits per heavy atom. The average Bonchev–Trinajstić information content (AvgIpc) is 2.68. The molecule has 3 N–H and O–H groups in total. The summed E-state index contributed by atoms with van der Waals surface area (Å²) >= 11 is 1.38. The fourth-order valence-corrected chi connectivity index (χ4v) is 2.65. The van der Waals surface area contributed by atoms with Crippen molar-refractivity contribution in [3.63, 3.8) is 0 Å². The van der Waals surface area contributed by atoms with Gasteiger partial charge in [0.15, 0.2) is 5.16 Å². The normalized spacial score (nSPS) is 12.8. The largest absolute Gasteiger partial charge is 0.480 e. The molecule has 1 atom stereocenters. The van der Waals surface area contributed by atoms with Gasteiger partial charge in [0.05, 0.1) is 0 Å². The maximum atomic E-state index is 11.3. The van der Waals surface area contributed by atoms with Crippen molar-refractivity contribution in [3.8, 4) is 0 Å². The number of carboxylic acid groups (broad SMARTS) is 1. The van der Waals surface area contributed by atoms with Gasteiger partial charge in [-0.1, -0.05) is 25.6 Å². The third kappa shape index (κ3) is 4.71. The second-order valence-electron chi connectivity index (χ2n) is 4.40. The summed E-state index contributed by atoms with van der Waals surface area (Å²) in [5.74, 6) is -0.273. The number of carboxylic acids is 1. The molecule has 1 aromatic rings. The molecule has 8 heteroatoms. The Hall–Kier alpha value is -1.28. The summed E-state index contributed by atoms with van der Waals surface area (Å²) in [4.78, 5) is 22.4. The molecule has 1 rings (SSSR count). The second-order valence-corrected chi connectivity index (χ2v) is 5.47. The van der Waals surface area contributed by atoms with Crippen LogP contribution in [0, 0.1) is 0 Å². The standard InChI is InChI=1S/C11H20N4O3S/c1-4-15-10(18)13-14-11(15)19-6-5-8(9(16)17)12-7(2)3/h7-8,12H,4-6H2,1-3H3,(H,13,18)(H,16,17). The van der Waals surface area contributed by atoms with Gasteiger partial charge in [-0.3, -0.25) is 9.36 Å². The minimum atomic E-state index is -0.857. The zero-order valence-electron chi connectivity index (χ0n) is 11.3. The molecule has 108 valence electrons. The molecule has 0 saturated carbocycles. The molecule has 0 amide bonds. The molecule has 1 unspecified atom stereocenters. The van der Waals surface area contributed by atoms with Crippen LogP contribution in [0.15, 0.2) is 9.95 Å². The van der Waals surface area contributed by atoms with E-state index in [2.05, 4.69) is 15.5 Å². The fourth-order valence-electron chi connectivity index (χ4n) is 1.64. The average molecular weight is 288 g/mol. The minimum absolute atomic E-state index is 0.116. The number of aliphatic carboxylic acids is 1. The van der Waals surface area contributed by atoms with Crippen LogP contribution in [0.4, 0.5) is 0 Å². The maximum absolute atomic E-state index is 11.3. The highest BCUT2D eigenvalue weighted by atomic mass is 32.2. The number of hydrogen-bond donors (Lipinski definition) is 3. The van der Waals surface area contributed by atoms with E-state index in [9.17, 15) is 9.59 Å². The Labute approximate surface area is 115 Å². The van der Waals surface area contributed by atoms with Crippen LogP contribution in [0.3, 0.4) is 0 Å². The molecule has 0 aromatic carbocycles. The first-order valence-corrected chi connectivity index (χ1v) is 7.21. The SMILES string of the molecule is CCn1c(SCCC(NC(C)C)C(=O)O)n[nH]c1=O. The first kappa shape index (κ1) is 15.8. The third-order valence-corrected chi connectivity index (χ3v) is 3.52.